The minimum Gasteiger partial charge on any atom is -0.491 e. The normalized spacial score (nSPS) is 21.7. The zero-order valence-electron chi connectivity index (χ0n) is 19.6. The van der Waals surface area contributed by atoms with E-state index >= 15 is 0 Å². The number of benzene rings is 2. The van der Waals surface area contributed by atoms with Crippen LogP contribution in [0.3, 0.4) is 0 Å². The highest BCUT2D eigenvalue weighted by Gasteiger charge is 2.45. The second-order valence-corrected chi connectivity index (χ2v) is 9.88. The van der Waals surface area contributed by atoms with Crippen LogP contribution < -0.4 is 10.1 Å². The Balaban J connectivity index is 1.67. The minimum atomic E-state index is -0.174. The number of aliphatic hydroxyl groups is 1. The van der Waals surface area contributed by atoms with E-state index in [1.165, 1.54) is 11.1 Å². The van der Waals surface area contributed by atoms with Gasteiger partial charge in [-0.05, 0) is 75.6 Å². The summed E-state index contributed by atoms with van der Waals surface area (Å²) in [5, 5.41) is 14.0. The lowest BCUT2D eigenvalue weighted by molar-refractivity contribution is -0.127. The van der Waals surface area contributed by atoms with E-state index in [1.54, 1.807) is 0 Å². The van der Waals surface area contributed by atoms with Crippen LogP contribution in [0.15, 0.2) is 54.6 Å². The molecule has 0 aliphatic carbocycles. The summed E-state index contributed by atoms with van der Waals surface area (Å²) < 4.78 is 11.8. The van der Waals surface area contributed by atoms with Crippen LogP contribution in [0.4, 0.5) is 0 Å². The molecule has 1 saturated heterocycles. The second-order valence-electron chi connectivity index (χ2n) is 9.88. The fraction of sp³-hybridized carbons (Fsp3) is 0.556. The van der Waals surface area contributed by atoms with Gasteiger partial charge in [-0.3, -0.25) is 0 Å². The average Bonchev–Trinajstić information content (AvgIpc) is 2.72. The van der Waals surface area contributed by atoms with Gasteiger partial charge in [0.1, 0.15) is 5.75 Å². The maximum absolute atomic E-state index is 10.4. The van der Waals surface area contributed by atoms with Crippen molar-refractivity contribution in [3.05, 3.63) is 65.7 Å². The van der Waals surface area contributed by atoms with Gasteiger partial charge in [0.05, 0.1) is 11.7 Å². The summed E-state index contributed by atoms with van der Waals surface area (Å²) >= 11 is 0. The van der Waals surface area contributed by atoms with E-state index in [2.05, 4.69) is 61.6 Å². The third-order valence-electron chi connectivity index (χ3n) is 6.37. The van der Waals surface area contributed by atoms with Gasteiger partial charge in [-0.15, -0.1) is 0 Å². The molecule has 2 atom stereocenters. The SMILES string of the molecule is CC(C)Oc1ccc(CNCC(CO)C2(Cc3ccccc3)CCOC(C)(C)C2)cc1. The van der Waals surface area contributed by atoms with Crippen molar-refractivity contribution in [2.24, 2.45) is 11.3 Å². The first kappa shape index (κ1) is 23.8. The number of hydrogen-bond donors (Lipinski definition) is 2. The summed E-state index contributed by atoms with van der Waals surface area (Å²) in [6.07, 6.45) is 3.07. The standard InChI is InChI=1S/C27H39NO3/c1-21(2)31-25-12-10-23(11-13-25)17-28-18-24(19-29)27(14-15-30-26(3,4)20-27)16-22-8-6-5-7-9-22/h5-13,21,24,28-29H,14-20H2,1-4H3. The van der Waals surface area contributed by atoms with Gasteiger partial charge in [-0.1, -0.05) is 42.5 Å². The summed E-state index contributed by atoms with van der Waals surface area (Å²) in [4.78, 5) is 0. The smallest absolute Gasteiger partial charge is 0.119 e. The Morgan fingerprint density at radius 1 is 1.03 bits per heavy atom. The molecular weight excluding hydrogens is 386 g/mol. The van der Waals surface area contributed by atoms with Gasteiger partial charge < -0.3 is 19.9 Å². The molecule has 2 aromatic rings. The number of hydrogen-bond acceptors (Lipinski definition) is 4. The van der Waals surface area contributed by atoms with E-state index in [0.29, 0.717) is 0 Å². The first-order chi connectivity index (χ1) is 14.8. The predicted molar refractivity (Wildman–Crippen MR) is 126 cm³/mol. The lowest BCUT2D eigenvalue weighted by Gasteiger charge is -2.49. The van der Waals surface area contributed by atoms with Crippen LogP contribution in [0, 0.1) is 11.3 Å². The molecule has 2 aromatic carbocycles. The molecular formula is C27H39NO3. The van der Waals surface area contributed by atoms with Gasteiger partial charge in [0.2, 0.25) is 0 Å². The van der Waals surface area contributed by atoms with E-state index in [1.807, 2.05) is 26.0 Å². The summed E-state index contributed by atoms with van der Waals surface area (Å²) in [5.74, 6) is 1.07. The molecule has 2 unspecified atom stereocenters. The molecule has 170 valence electrons. The first-order valence-corrected chi connectivity index (χ1v) is 11.6. The van der Waals surface area contributed by atoms with Gasteiger partial charge in [0.25, 0.3) is 0 Å². The van der Waals surface area contributed by atoms with E-state index in [-0.39, 0.29) is 29.6 Å². The van der Waals surface area contributed by atoms with Crippen molar-refractivity contribution in [3.63, 3.8) is 0 Å². The molecule has 1 heterocycles. The fourth-order valence-electron chi connectivity index (χ4n) is 4.99. The molecule has 2 N–H and O–H groups in total. The van der Waals surface area contributed by atoms with Crippen molar-refractivity contribution in [2.75, 3.05) is 19.8 Å². The zero-order chi connectivity index (χ0) is 22.3. The first-order valence-electron chi connectivity index (χ1n) is 11.6. The number of rotatable bonds is 10. The van der Waals surface area contributed by atoms with Gasteiger partial charge in [-0.25, -0.2) is 0 Å². The molecule has 1 aliphatic rings. The van der Waals surface area contributed by atoms with Gasteiger partial charge >= 0.3 is 0 Å². The number of nitrogens with one attached hydrogen (secondary N) is 1. The van der Waals surface area contributed by atoms with Gasteiger partial charge in [0, 0.05) is 32.2 Å². The van der Waals surface area contributed by atoms with E-state index in [0.717, 1.165) is 44.7 Å². The van der Waals surface area contributed by atoms with Crippen molar-refractivity contribution >= 4 is 0 Å². The molecule has 1 aliphatic heterocycles. The van der Waals surface area contributed by atoms with Crippen LogP contribution in [0.1, 0.15) is 51.7 Å². The lowest BCUT2D eigenvalue weighted by Crippen LogP contribution is -2.50. The molecule has 31 heavy (non-hydrogen) atoms. The topological polar surface area (TPSA) is 50.7 Å². The Kier molecular flexibility index (Phi) is 8.15. The largest absolute Gasteiger partial charge is 0.491 e. The van der Waals surface area contributed by atoms with Crippen LogP contribution in [0.25, 0.3) is 0 Å². The third kappa shape index (κ3) is 6.80. The summed E-state index contributed by atoms with van der Waals surface area (Å²) in [5.41, 5.74) is 2.39. The van der Waals surface area contributed by atoms with Crippen LogP contribution >= 0.6 is 0 Å². The monoisotopic (exact) mass is 425 g/mol. The fourth-order valence-corrected chi connectivity index (χ4v) is 4.99. The van der Waals surface area contributed by atoms with Crippen LogP contribution in [0.5, 0.6) is 5.75 Å². The Bertz CT molecular complexity index is 788. The van der Waals surface area contributed by atoms with Crippen molar-refractivity contribution in [1.82, 2.24) is 5.32 Å². The molecule has 0 saturated carbocycles. The number of aliphatic hydroxyl groups excluding tert-OH is 1. The molecule has 4 nitrogen and oxygen atoms in total. The highest BCUT2D eigenvalue weighted by atomic mass is 16.5. The summed E-state index contributed by atoms with van der Waals surface area (Å²) in [6.45, 7) is 10.9. The van der Waals surface area contributed by atoms with Gasteiger partial charge in [0.15, 0.2) is 0 Å². The molecule has 0 spiro atoms. The Hall–Kier alpha value is -1.88. The van der Waals surface area contributed by atoms with Crippen molar-refractivity contribution in [3.8, 4) is 5.75 Å². The Morgan fingerprint density at radius 2 is 1.74 bits per heavy atom. The Morgan fingerprint density at radius 3 is 2.35 bits per heavy atom. The molecule has 0 bridgehead atoms. The minimum absolute atomic E-state index is 0.0137. The molecule has 0 radical (unpaired) electrons. The van der Waals surface area contributed by atoms with Crippen molar-refractivity contribution < 1.29 is 14.6 Å². The molecule has 0 aromatic heterocycles. The van der Waals surface area contributed by atoms with E-state index in [9.17, 15) is 5.11 Å². The molecule has 3 rings (SSSR count). The molecule has 0 amide bonds. The molecule has 1 fully saturated rings. The Labute approximate surface area is 188 Å². The van der Waals surface area contributed by atoms with Crippen LogP contribution in [0.2, 0.25) is 0 Å². The maximum atomic E-state index is 10.4. The summed E-state index contributed by atoms with van der Waals surface area (Å²) in [7, 11) is 0. The van der Waals surface area contributed by atoms with Gasteiger partial charge in [-0.2, -0.15) is 0 Å². The lowest BCUT2D eigenvalue weighted by atomic mass is 9.63. The van der Waals surface area contributed by atoms with Crippen molar-refractivity contribution in [2.45, 2.75) is 65.2 Å². The van der Waals surface area contributed by atoms with Crippen LogP contribution in [-0.2, 0) is 17.7 Å². The molecule has 4 heteroatoms. The highest BCUT2D eigenvalue weighted by molar-refractivity contribution is 5.27. The quantitative estimate of drug-likeness (QED) is 0.563. The zero-order valence-corrected chi connectivity index (χ0v) is 19.6. The van der Waals surface area contributed by atoms with Crippen LogP contribution in [-0.4, -0.2) is 36.6 Å². The second kappa shape index (κ2) is 10.6. The number of ether oxygens (including phenoxy) is 2. The van der Waals surface area contributed by atoms with E-state index < -0.39 is 0 Å². The third-order valence-corrected chi connectivity index (χ3v) is 6.37. The highest BCUT2D eigenvalue weighted by Crippen LogP contribution is 2.46. The predicted octanol–water partition coefficient (Wildman–Crippen LogP) is 4.99. The maximum Gasteiger partial charge on any atom is 0.119 e. The van der Waals surface area contributed by atoms with Crippen molar-refractivity contribution in [1.29, 1.82) is 0 Å². The average molecular weight is 426 g/mol. The summed E-state index contributed by atoms with van der Waals surface area (Å²) in [6, 6.07) is 18.9. The van der Waals surface area contributed by atoms with E-state index in [4.69, 9.17) is 9.47 Å².